The topological polar surface area (TPSA) is 261 Å². The summed E-state index contributed by atoms with van der Waals surface area (Å²) >= 11 is 0. The minimum Gasteiger partial charge on any atom is -0.464 e. The normalized spacial score (nSPS) is 11.8. The lowest BCUT2D eigenvalue weighted by Gasteiger charge is -2.23. The molecule has 0 saturated heterocycles. The molecule has 0 aliphatic rings. The predicted octanol–water partition coefficient (Wildman–Crippen LogP) is 23.5. The van der Waals surface area contributed by atoms with E-state index in [4.69, 9.17) is 33.2 Å². The van der Waals surface area contributed by atoms with E-state index in [9.17, 15) is 43.2 Å². The Bertz CT molecular complexity index is 2480. The Morgan fingerprint density at radius 1 is 0.260 bits per heavy atom. The number of allylic oxidation sites excluding steroid dienone is 8. The van der Waals surface area contributed by atoms with Crippen LogP contribution in [0, 0.1) is 0 Å². The van der Waals surface area contributed by atoms with Gasteiger partial charge in [0.05, 0.1) is 52.6 Å². The maximum atomic E-state index is 14.0. The first-order chi connectivity index (χ1) is 60.3. The zero-order valence-electron chi connectivity index (χ0n) is 79.5. The van der Waals surface area contributed by atoms with E-state index in [0.717, 1.165) is 167 Å². The molecule has 21 nitrogen and oxygen atoms in total. The van der Waals surface area contributed by atoms with Gasteiger partial charge < -0.3 is 58.9 Å². The molecule has 0 bridgehead atoms. The third-order valence-electron chi connectivity index (χ3n) is 22.4. The summed E-state index contributed by atoms with van der Waals surface area (Å²) in [6, 6.07) is -0.974. The molecule has 123 heavy (non-hydrogen) atoms. The Balaban J connectivity index is 5.80. The molecule has 0 radical (unpaired) electrons. The fourth-order valence-electron chi connectivity index (χ4n) is 14.5. The second-order valence-corrected chi connectivity index (χ2v) is 33.8. The number of unbranched alkanes of at least 4 members (excludes halogenated alkanes) is 45. The van der Waals surface area contributed by atoms with Crippen LogP contribution >= 0.6 is 0 Å². The average molecular weight is 1740 g/mol. The summed E-state index contributed by atoms with van der Waals surface area (Å²) in [5.41, 5.74) is 0. The van der Waals surface area contributed by atoms with Gasteiger partial charge in [-0.3, -0.25) is 43.2 Å². The van der Waals surface area contributed by atoms with E-state index in [1.54, 1.807) is 7.11 Å². The van der Waals surface area contributed by atoms with Crippen LogP contribution < -0.4 is 16.0 Å². The minimum atomic E-state index is -0.974. The molecule has 3 N–H and O–H groups in total. The zero-order valence-corrected chi connectivity index (χ0v) is 79.5. The van der Waals surface area contributed by atoms with Gasteiger partial charge >= 0.3 is 23.9 Å². The molecule has 0 saturated carbocycles. The third-order valence-corrected chi connectivity index (χ3v) is 22.4. The molecular weight excluding hydrogens is 1550 g/mol. The highest BCUT2D eigenvalue weighted by Crippen LogP contribution is 2.18. The molecule has 714 valence electrons. The van der Waals surface area contributed by atoms with Gasteiger partial charge in [-0.2, -0.15) is 0 Å². The highest BCUT2D eigenvalue weighted by molar-refractivity contribution is 5.89. The Hall–Kier alpha value is -5.93. The molecule has 0 fully saturated rings. The highest BCUT2D eigenvalue weighted by atomic mass is 16.6. The predicted molar refractivity (Wildman–Crippen MR) is 503 cm³/mol. The Labute approximate surface area is 750 Å². The molecule has 0 heterocycles. The molecule has 0 aliphatic heterocycles. The number of rotatable bonds is 95. The second kappa shape index (κ2) is 95.2. The van der Waals surface area contributed by atoms with Crippen LogP contribution in [0.4, 0.5) is 0 Å². The molecule has 21 heteroatoms. The van der Waals surface area contributed by atoms with Crippen LogP contribution in [-0.4, -0.2) is 175 Å². The van der Waals surface area contributed by atoms with E-state index in [1.807, 2.05) is 0 Å². The monoisotopic (exact) mass is 1740 g/mol. The Morgan fingerprint density at radius 2 is 0.528 bits per heavy atom. The Morgan fingerprint density at radius 3 is 0.837 bits per heavy atom. The first-order valence-corrected chi connectivity index (χ1v) is 50.6. The maximum Gasteiger partial charge on any atom is 0.305 e. The van der Waals surface area contributed by atoms with Crippen molar-refractivity contribution in [2.45, 2.75) is 445 Å². The van der Waals surface area contributed by atoms with Gasteiger partial charge in [0, 0.05) is 78.2 Å². The maximum absolute atomic E-state index is 14.0. The first kappa shape index (κ1) is 117. The van der Waals surface area contributed by atoms with E-state index in [2.05, 4.69) is 92.3 Å². The van der Waals surface area contributed by atoms with Gasteiger partial charge in [0.1, 0.15) is 32.5 Å². The van der Waals surface area contributed by atoms with Crippen molar-refractivity contribution in [3.63, 3.8) is 0 Å². The summed E-state index contributed by atoms with van der Waals surface area (Å²) in [7, 11) is 1.60. The van der Waals surface area contributed by atoms with E-state index in [1.165, 1.54) is 164 Å². The molecule has 0 rings (SSSR count). The van der Waals surface area contributed by atoms with Gasteiger partial charge in [-0.05, 0) is 154 Å². The summed E-state index contributed by atoms with van der Waals surface area (Å²) in [6.45, 7) is 11.6. The summed E-state index contributed by atoms with van der Waals surface area (Å²) < 4.78 is 38.6. The average Bonchev–Trinajstić information content (AvgIpc) is 0.912. The standard InChI is InChI=1S/C102H185N5O16/c1-6-10-14-18-22-26-30-34-38-42-46-50-54-58-62-70-98(112)120-85-80-106(81-86-121-99(113)71-63-59-55-51-47-43-39-35-31-27-23-19-15-11-7-2)96(110)76-74-94(108)103-78-67-66-69-93(102(116)104-79-68-84-118-91-92-119-90-89-117-5)105-95(109)75-77-97(111)107(82-87-122-100(114)72-64-60-56-52-48-44-40-36-32-28-24-20-16-12-8-3)83-88-123-101(115)73-65-61-57-53-49-45-41-37-33-29-25-21-17-13-9-4/h34-41,93H,6-33,42-92H2,1-5H3,(H,103,108)(H,104,116)(H,105,109)/b38-34-,39-35-,40-36-,41-37-/t93-/m0/s1. The lowest BCUT2D eigenvalue weighted by atomic mass is 10.1. The summed E-state index contributed by atoms with van der Waals surface area (Å²) in [5.74, 6) is -3.39. The van der Waals surface area contributed by atoms with Gasteiger partial charge in [-0.15, -0.1) is 0 Å². The number of carbonyl (C=O) groups excluding carboxylic acids is 9. The summed E-state index contributed by atoms with van der Waals surface area (Å²) in [6.07, 6.45) is 80.4. The SMILES string of the molecule is CCCCCCCC/C=C\CCCCCCCC(=O)OCCN(CCOC(=O)CCCCCCC/C=C\CCCCCCCC)C(=O)CCC(=O)NCCCC[C@H](NC(=O)CCC(=O)N(CCOC(=O)CCCCCCC/C=C\CCCCCCCC)CCOC(=O)CCCCCCC/C=C\CCCCCCCC)C(=O)NCCCOCCOCCOC. The molecule has 0 aliphatic carbocycles. The van der Waals surface area contributed by atoms with E-state index < -0.39 is 23.8 Å². The molecule has 0 aromatic heterocycles. The minimum absolute atomic E-state index is 0.0295. The Kier molecular flexibility index (Phi) is 90.6. The van der Waals surface area contributed by atoms with Gasteiger partial charge in [-0.1, -0.05) is 282 Å². The summed E-state index contributed by atoms with van der Waals surface area (Å²) in [5, 5.41) is 8.65. The van der Waals surface area contributed by atoms with Gasteiger partial charge in [0.25, 0.3) is 0 Å². The van der Waals surface area contributed by atoms with Crippen molar-refractivity contribution in [2.24, 2.45) is 0 Å². The highest BCUT2D eigenvalue weighted by Gasteiger charge is 2.24. The van der Waals surface area contributed by atoms with E-state index in [-0.39, 0.29) is 159 Å². The van der Waals surface area contributed by atoms with Crippen molar-refractivity contribution in [3.05, 3.63) is 48.6 Å². The number of nitrogens with zero attached hydrogens (tertiary/aromatic N) is 2. The fourth-order valence-corrected chi connectivity index (χ4v) is 14.5. The molecule has 1 atom stereocenters. The molecule has 0 aromatic carbocycles. The number of amides is 5. The number of hydrogen-bond donors (Lipinski definition) is 3. The van der Waals surface area contributed by atoms with Crippen molar-refractivity contribution >= 4 is 53.4 Å². The van der Waals surface area contributed by atoms with Crippen LogP contribution in [0.1, 0.15) is 439 Å². The van der Waals surface area contributed by atoms with Crippen molar-refractivity contribution in [2.75, 3.05) is 106 Å². The van der Waals surface area contributed by atoms with Gasteiger partial charge in [0.15, 0.2) is 0 Å². The number of nitrogens with one attached hydrogen (secondary N) is 3. The molecule has 5 amide bonds. The smallest absolute Gasteiger partial charge is 0.305 e. The molecule has 0 spiro atoms. The number of methoxy groups -OCH3 is 1. The van der Waals surface area contributed by atoms with E-state index in [0.29, 0.717) is 65.1 Å². The molecular formula is C102H185N5O16. The van der Waals surface area contributed by atoms with Crippen molar-refractivity contribution < 1.29 is 76.3 Å². The number of hydrogen-bond acceptors (Lipinski definition) is 16. The van der Waals surface area contributed by atoms with E-state index >= 15 is 0 Å². The van der Waals surface area contributed by atoms with Crippen LogP contribution in [0.3, 0.4) is 0 Å². The quantitative estimate of drug-likeness (QED) is 0.0221. The number of carbonyl (C=O) groups is 9. The number of esters is 4. The summed E-state index contributed by atoms with van der Waals surface area (Å²) in [4.78, 5) is 123. The zero-order chi connectivity index (χ0) is 89.5. The van der Waals surface area contributed by atoms with Crippen LogP contribution in [0.2, 0.25) is 0 Å². The second-order valence-electron chi connectivity index (χ2n) is 33.8. The number of ether oxygens (including phenoxy) is 7. The largest absolute Gasteiger partial charge is 0.464 e. The van der Waals surface area contributed by atoms with Crippen LogP contribution in [-0.2, 0) is 76.3 Å². The van der Waals surface area contributed by atoms with Gasteiger partial charge in [-0.25, -0.2) is 0 Å². The first-order valence-electron chi connectivity index (χ1n) is 50.6. The van der Waals surface area contributed by atoms with Crippen LogP contribution in [0.5, 0.6) is 0 Å². The van der Waals surface area contributed by atoms with Crippen molar-refractivity contribution in [3.8, 4) is 0 Å². The fraction of sp³-hybridized carbons (Fsp3) is 0.833. The molecule has 0 aromatic rings. The third kappa shape index (κ3) is 86.6. The lowest BCUT2D eigenvalue weighted by Crippen LogP contribution is -2.47. The van der Waals surface area contributed by atoms with Crippen LogP contribution in [0.15, 0.2) is 48.6 Å². The van der Waals surface area contributed by atoms with Gasteiger partial charge in [0.2, 0.25) is 29.5 Å². The van der Waals surface area contributed by atoms with Crippen molar-refractivity contribution in [1.29, 1.82) is 0 Å². The molecule has 0 unspecified atom stereocenters. The van der Waals surface area contributed by atoms with Crippen LogP contribution in [0.25, 0.3) is 0 Å². The van der Waals surface area contributed by atoms with Crippen molar-refractivity contribution in [1.82, 2.24) is 25.8 Å². The lowest BCUT2D eigenvalue weighted by molar-refractivity contribution is -0.148.